The van der Waals surface area contributed by atoms with Gasteiger partial charge in [0.1, 0.15) is 5.69 Å². The molecular weight excluding hydrogens is 568 g/mol. The van der Waals surface area contributed by atoms with Crippen LogP contribution in [0.4, 0.5) is 22.7 Å². The standard InChI is InChI=1S/C21H23ClN4O8S3/c1-4-26(5-2,37(32,33)34)19-13-18(24-23-14-8-6-9-15(12-14)36(22,30)31)20-16(21(19)27)10-7-11-17(20)25-35(3,28)29/h6-13H,4-5H2,1-3H3,(H2-,23,24,25,27,32,33,34)/p+1. The average Bonchev–Trinajstić information content (AvgIpc) is 2.78. The third kappa shape index (κ3) is 5.86. The summed E-state index contributed by atoms with van der Waals surface area (Å²) in [5.74, 6) is -0.511. The quantitative estimate of drug-likeness (QED) is 0.142. The highest BCUT2D eigenvalue weighted by Gasteiger charge is 2.43. The van der Waals surface area contributed by atoms with Crippen molar-refractivity contribution in [1.82, 2.24) is 3.89 Å². The summed E-state index contributed by atoms with van der Waals surface area (Å²) in [6.45, 7) is 2.67. The summed E-state index contributed by atoms with van der Waals surface area (Å²) in [5, 5.41) is 19.4. The number of quaternary nitrogens is 1. The van der Waals surface area contributed by atoms with E-state index in [1.807, 2.05) is 0 Å². The highest BCUT2D eigenvalue weighted by atomic mass is 35.7. The second kappa shape index (κ2) is 10.2. The van der Waals surface area contributed by atoms with E-state index >= 15 is 0 Å². The highest BCUT2D eigenvalue weighted by Crippen LogP contribution is 2.47. The molecule has 0 aliphatic heterocycles. The number of nitrogens with zero attached hydrogens (tertiary/aromatic N) is 3. The average molecular weight is 592 g/mol. The second-order valence-electron chi connectivity index (χ2n) is 7.97. The van der Waals surface area contributed by atoms with E-state index in [1.165, 1.54) is 56.3 Å². The van der Waals surface area contributed by atoms with Crippen molar-refractivity contribution < 1.29 is 34.9 Å². The maximum absolute atomic E-state index is 12.5. The molecule has 0 saturated carbocycles. The zero-order valence-electron chi connectivity index (χ0n) is 19.8. The minimum atomic E-state index is -4.80. The first-order valence-electron chi connectivity index (χ1n) is 10.6. The molecule has 0 fully saturated rings. The van der Waals surface area contributed by atoms with Crippen molar-refractivity contribution in [3.8, 4) is 5.75 Å². The van der Waals surface area contributed by atoms with Crippen LogP contribution in [0.1, 0.15) is 13.8 Å². The zero-order valence-corrected chi connectivity index (χ0v) is 23.0. The van der Waals surface area contributed by atoms with Crippen LogP contribution < -0.4 is 8.61 Å². The highest BCUT2D eigenvalue weighted by molar-refractivity contribution is 8.13. The fourth-order valence-electron chi connectivity index (χ4n) is 3.93. The molecule has 0 saturated heterocycles. The lowest BCUT2D eigenvalue weighted by atomic mass is 10.0. The molecule has 0 aliphatic rings. The van der Waals surface area contributed by atoms with Crippen LogP contribution in [0.15, 0.2) is 63.7 Å². The first kappa shape index (κ1) is 28.7. The number of hydrogen-bond acceptors (Lipinski definition) is 9. The lowest BCUT2D eigenvalue weighted by Crippen LogP contribution is -2.53. The van der Waals surface area contributed by atoms with Gasteiger partial charge in [-0.3, -0.25) is 4.72 Å². The smallest absolute Gasteiger partial charge is 0.437 e. The van der Waals surface area contributed by atoms with Gasteiger partial charge >= 0.3 is 10.3 Å². The van der Waals surface area contributed by atoms with Crippen LogP contribution in [0.25, 0.3) is 10.8 Å². The van der Waals surface area contributed by atoms with Crippen molar-refractivity contribution >= 4 is 73.6 Å². The maximum atomic E-state index is 12.5. The molecule has 0 aliphatic carbocycles. The van der Waals surface area contributed by atoms with Crippen molar-refractivity contribution in [2.75, 3.05) is 24.1 Å². The molecule has 3 aromatic rings. The van der Waals surface area contributed by atoms with Crippen LogP contribution in [0.3, 0.4) is 0 Å². The molecule has 0 amide bonds. The van der Waals surface area contributed by atoms with E-state index < -0.39 is 39.0 Å². The molecule has 16 heteroatoms. The minimum Gasteiger partial charge on any atom is -0.502 e. The Kier molecular flexibility index (Phi) is 7.89. The molecule has 3 rings (SSSR count). The summed E-state index contributed by atoms with van der Waals surface area (Å²) in [7, 11) is -7.25. The van der Waals surface area contributed by atoms with Gasteiger partial charge in [0.2, 0.25) is 10.0 Å². The summed E-state index contributed by atoms with van der Waals surface area (Å²) in [6, 6.07) is 10.7. The molecule has 0 radical (unpaired) electrons. The fourth-order valence-corrected chi connectivity index (χ4v) is 6.33. The van der Waals surface area contributed by atoms with Gasteiger partial charge in [0.05, 0.1) is 35.6 Å². The van der Waals surface area contributed by atoms with Crippen molar-refractivity contribution in [2.45, 2.75) is 18.7 Å². The number of azo groups is 1. The Morgan fingerprint density at radius 2 is 1.57 bits per heavy atom. The van der Waals surface area contributed by atoms with Crippen LogP contribution in [0, 0.1) is 0 Å². The number of rotatable bonds is 9. The molecule has 3 aromatic carbocycles. The summed E-state index contributed by atoms with van der Waals surface area (Å²) in [5.41, 5.74) is -0.199. The second-order valence-corrected chi connectivity index (χ2v) is 13.9. The first-order chi connectivity index (χ1) is 17.0. The van der Waals surface area contributed by atoms with Crippen molar-refractivity contribution in [1.29, 1.82) is 0 Å². The number of aromatic hydroxyl groups is 1. The van der Waals surface area contributed by atoms with Gasteiger partial charge in [0, 0.05) is 27.5 Å². The number of nitrogens with one attached hydrogen (secondary N) is 1. The van der Waals surface area contributed by atoms with Crippen molar-refractivity contribution in [2.24, 2.45) is 10.2 Å². The van der Waals surface area contributed by atoms with Gasteiger partial charge in [0.15, 0.2) is 11.4 Å². The van der Waals surface area contributed by atoms with Gasteiger partial charge in [-0.15, -0.1) is 13.5 Å². The van der Waals surface area contributed by atoms with Crippen LogP contribution in [0.5, 0.6) is 5.75 Å². The lowest BCUT2D eigenvalue weighted by Gasteiger charge is -2.32. The number of hydrogen-bond donors (Lipinski definition) is 3. The Morgan fingerprint density at radius 3 is 2.11 bits per heavy atom. The lowest BCUT2D eigenvalue weighted by molar-refractivity contribution is 0.357. The van der Waals surface area contributed by atoms with Gasteiger partial charge in [0.25, 0.3) is 9.05 Å². The third-order valence-electron chi connectivity index (χ3n) is 5.66. The van der Waals surface area contributed by atoms with Crippen molar-refractivity contribution in [3.63, 3.8) is 0 Å². The van der Waals surface area contributed by atoms with Gasteiger partial charge in [-0.25, -0.2) is 21.4 Å². The molecule has 0 heterocycles. The number of anilines is 1. The molecular formula is C21H24ClN4O8S3+. The largest absolute Gasteiger partial charge is 0.502 e. The van der Waals surface area contributed by atoms with Crippen LogP contribution in [-0.2, 0) is 29.4 Å². The maximum Gasteiger partial charge on any atom is 0.437 e. The van der Waals surface area contributed by atoms with Crippen molar-refractivity contribution in [3.05, 3.63) is 48.5 Å². The van der Waals surface area contributed by atoms with E-state index in [1.54, 1.807) is 0 Å². The topological polar surface area (TPSA) is 180 Å². The Labute approximate surface area is 219 Å². The zero-order chi connectivity index (χ0) is 27.8. The van der Waals surface area contributed by atoms with Gasteiger partial charge < -0.3 is 5.11 Å². The van der Waals surface area contributed by atoms with Gasteiger partial charge in [-0.1, -0.05) is 18.2 Å². The molecule has 0 bridgehead atoms. The number of benzene rings is 3. The van der Waals surface area contributed by atoms with Crippen LogP contribution in [-0.4, -0.2) is 54.3 Å². The SMILES string of the molecule is CC[N+](CC)(c1cc(N=Nc2cccc(S(=O)(=O)Cl)c2)c2c(NS(C)(=O)=O)cccc2c1O)S(=O)(=O)O. The number of phenolic OH excluding ortho intramolecular Hbond substituents is 1. The van der Waals surface area contributed by atoms with E-state index in [0.717, 1.165) is 12.3 Å². The molecule has 200 valence electrons. The van der Waals surface area contributed by atoms with Crippen LogP contribution in [0.2, 0.25) is 0 Å². The Hall–Kier alpha value is -2.82. The third-order valence-corrected chi connectivity index (χ3v) is 9.20. The van der Waals surface area contributed by atoms with Gasteiger partial charge in [-0.2, -0.15) is 9.00 Å². The van der Waals surface area contributed by atoms with E-state index in [2.05, 4.69) is 15.0 Å². The summed E-state index contributed by atoms with van der Waals surface area (Å²) in [4.78, 5) is -0.236. The fraction of sp³-hybridized carbons (Fsp3) is 0.238. The Balaban J connectivity index is 2.42. The van der Waals surface area contributed by atoms with E-state index in [0.29, 0.717) is 0 Å². The Bertz CT molecular complexity index is 1720. The van der Waals surface area contributed by atoms with Gasteiger partial charge in [-0.05, 0) is 38.1 Å². The summed E-state index contributed by atoms with van der Waals surface area (Å²) < 4.78 is 83.7. The van der Waals surface area contributed by atoms with E-state index in [4.69, 9.17) is 10.7 Å². The minimum absolute atomic E-state index is 0.0193. The summed E-state index contributed by atoms with van der Waals surface area (Å²) in [6.07, 6.45) is 0.924. The Morgan fingerprint density at radius 1 is 0.946 bits per heavy atom. The molecule has 37 heavy (non-hydrogen) atoms. The number of halogens is 1. The summed E-state index contributed by atoms with van der Waals surface area (Å²) >= 11 is 0. The number of sulfonamides is 1. The molecule has 12 nitrogen and oxygen atoms in total. The normalized spacial score (nSPS) is 13.3. The number of fused-ring (bicyclic) bond motifs is 1. The van der Waals surface area contributed by atoms with E-state index in [-0.39, 0.29) is 51.5 Å². The number of phenols is 1. The van der Waals surface area contributed by atoms with E-state index in [9.17, 15) is 34.9 Å². The monoisotopic (exact) mass is 591 g/mol. The molecule has 0 unspecified atom stereocenters. The van der Waals surface area contributed by atoms with Crippen LogP contribution >= 0.6 is 10.7 Å². The molecule has 3 N–H and O–H groups in total. The predicted molar refractivity (Wildman–Crippen MR) is 142 cm³/mol. The first-order valence-corrected chi connectivity index (χ1v) is 16.2. The molecule has 0 aromatic heterocycles. The predicted octanol–water partition coefficient (Wildman–Crippen LogP) is 4.41. The molecule has 0 atom stereocenters. The molecule has 0 spiro atoms.